The highest BCUT2D eigenvalue weighted by Gasteiger charge is 2.19. The molecular formula is C61H102O6. The van der Waals surface area contributed by atoms with Gasteiger partial charge in [-0.15, -0.1) is 0 Å². The molecule has 0 N–H and O–H groups in total. The molecule has 6 heteroatoms. The Bertz CT molecular complexity index is 1350. The predicted octanol–water partition coefficient (Wildman–Crippen LogP) is 18.5. The van der Waals surface area contributed by atoms with Crippen molar-refractivity contribution in [3.05, 3.63) is 97.2 Å². The molecule has 0 aliphatic rings. The van der Waals surface area contributed by atoms with Gasteiger partial charge >= 0.3 is 17.9 Å². The van der Waals surface area contributed by atoms with Crippen LogP contribution in [-0.2, 0) is 28.6 Å². The summed E-state index contributed by atoms with van der Waals surface area (Å²) in [6, 6.07) is 0. The lowest BCUT2D eigenvalue weighted by atomic mass is 10.0. The van der Waals surface area contributed by atoms with Crippen LogP contribution in [0.25, 0.3) is 0 Å². The fourth-order valence-corrected chi connectivity index (χ4v) is 7.60. The van der Waals surface area contributed by atoms with E-state index in [4.69, 9.17) is 14.2 Å². The molecule has 0 spiro atoms. The van der Waals surface area contributed by atoms with Crippen molar-refractivity contribution in [1.82, 2.24) is 0 Å². The van der Waals surface area contributed by atoms with E-state index in [0.717, 1.165) is 83.5 Å². The lowest BCUT2D eigenvalue weighted by Crippen LogP contribution is -2.30. The van der Waals surface area contributed by atoms with Crippen LogP contribution in [0.1, 0.15) is 252 Å². The molecule has 0 saturated heterocycles. The van der Waals surface area contributed by atoms with Gasteiger partial charge in [0, 0.05) is 19.3 Å². The Balaban J connectivity index is 4.50. The van der Waals surface area contributed by atoms with Gasteiger partial charge in [-0.3, -0.25) is 14.4 Å². The predicted molar refractivity (Wildman–Crippen MR) is 288 cm³/mol. The number of carbonyl (C=O) groups is 3. The van der Waals surface area contributed by atoms with Crippen LogP contribution in [-0.4, -0.2) is 37.2 Å². The van der Waals surface area contributed by atoms with Gasteiger partial charge in [-0.2, -0.15) is 0 Å². The van der Waals surface area contributed by atoms with Crippen LogP contribution in [0.3, 0.4) is 0 Å². The number of hydrogen-bond acceptors (Lipinski definition) is 6. The molecule has 6 nitrogen and oxygen atoms in total. The molecule has 0 aromatic heterocycles. The minimum Gasteiger partial charge on any atom is -0.462 e. The van der Waals surface area contributed by atoms with Gasteiger partial charge in [0.15, 0.2) is 6.10 Å². The van der Waals surface area contributed by atoms with Gasteiger partial charge in [-0.1, -0.05) is 266 Å². The Morgan fingerprint density at radius 3 is 0.970 bits per heavy atom. The first kappa shape index (κ1) is 63.3. The van der Waals surface area contributed by atoms with Gasteiger partial charge in [0.1, 0.15) is 13.2 Å². The number of ether oxygens (including phenoxy) is 3. The van der Waals surface area contributed by atoms with Gasteiger partial charge in [0.05, 0.1) is 0 Å². The molecule has 0 aliphatic carbocycles. The largest absolute Gasteiger partial charge is 0.462 e. The summed E-state index contributed by atoms with van der Waals surface area (Å²) < 4.78 is 16.8. The van der Waals surface area contributed by atoms with E-state index in [2.05, 4.69) is 45.1 Å². The van der Waals surface area contributed by atoms with E-state index in [0.29, 0.717) is 19.3 Å². The van der Waals surface area contributed by atoms with E-state index in [1.165, 1.54) is 128 Å². The maximum atomic E-state index is 12.8. The first-order valence-corrected chi connectivity index (χ1v) is 27.8. The van der Waals surface area contributed by atoms with Crippen molar-refractivity contribution in [2.75, 3.05) is 13.2 Å². The van der Waals surface area contributed by atoms with Crippen LogP contribution in [0.15, 0.2) is 97.2 Å². The first-order chi connectivity index (χ1) is 33.0. The molecule has 1 atom stereocenters. The second-order valence-electron chi connectivity index (χ2n) is 18.3. The first-order valence-electron chi connectivity index (χ1n) is 27.8. The summed E-state index contributed by atoms with van der Waals surface area (Å²) in [6.45, 7) is 6.45. The molecular weight excluding hydrogens is 829 g/mol. The maximum absolute atomic E-state index is 12.8. The molecule has 0 aromatic rings. The number of unbranched alkanes of at least 4 members (excludes halogenated alkanes) is 28. The Morgan fingerprint density at radius 2 is 0.597 bits per heavy atom. The van der Waals surface area contributed by atoms with Crippen LogP contribution >= 0.6 is 0 Å². The zero-order valence-electron chi connectivity index (χ0n) is 43.6. The Morgan fingerprint density at radius 1 is 0.313 bits per heavy atom. The van der Waals surface area contributed by atoms with Crippen molar-refractivity contribution in [1.29, 1.82) is 0 Å². The molecule has 382 valence electrons. The lowest BCUT2D eigenvalue weighted by Gasteiger charge is -2.18. The van der Waals surface area contributed by atoms with Crippen LogP contribution in [0.5, 0.6) is 0 Å². The third kappa shape index (κ3) is 53.2. The number of esters is 3. The second-order valence-corrected chi connectivity index (χ2v) is 18.3. The van der Waals surface area contributed by atoms with Gasteiger partial charge in [0.2, 0.25) is 0 Å². The molecule has 67 heavy (non-hydrogen) atoms. The van der Waals surface area contributed by atoms with Crippen molar-refractivity contribution in [3.8, 4) is 0 Å². The topological polar surface area (TPSA) is 78.9 Å². The molecule has 0 amide bonds. The van der Waals surface area contributed by atoms with Crippen LogP contribution < -0.4 is 0 Å². The highest BCUT2D eigenvalue weighted by molar-refractivity contribution is 5.71. The summed E-state index contributed by atoms with van der Waals surface area (Å²) in [5, 5.41) is 0. The fourth-order valence-electron chi connectivity index (χ4n) is 7.60. The molecule has 0 radical (unpaired) electrons. The summed E-state index contributed by atoms with van der Waals surface area (Å²) >= 11 is 0. The van der Waals surface area contributed by atoms with Crippen molar-refractivity contribution < 1.29 is 28.6 Å². The third-order valence-corrected chi connectivity index (χ3v) is 11.8. The highest BCUT2D eigenvalue weighted by Crippen LogP contribution is 2.15. The highest BCUT2D eigenvalue weighted by atomic mass is 16.6. The van der Waals surface area contributed by atoms with Gasteiger partial charge < -0.3 is 14.2 Å². The number of hydrogen-bond donors (Lipinski definition) is 0. The van der Waals surface area contributed by atoms with Crippen LogP contribution in [0.2, 0.25) is 0 Å². The molecule has 0 heterocycles. The van der Waals surface area contributed by atoms with Gasteiger partial charge in [-0.25, -0.2) is 0 Å². The van der Waals surface area contributed by atoms with Crippen LogP contribution in [0.4, 0.5) is 0 Å². The fraction of sp³-hybridized carbons (Fsp3) is 0.689. The second kappa shape index (κ2) is 54.9. The normalized spacial score (nSPS) is 12.8. The molecule has 0 rings (SSSR count). The lowest BCUT2D eigenvalue weighted by molar-refractivity contribution is -0.167. The summed E-state index contributed by atoms with van der Waals surface area (Å²) in [4.78, 5) is 38.1. The van der Waals surface area contributed by atoms with E-state index < -0.39 is 6.10 Å². The molecule has 0 fully saturated rings. The maximum Gasteiger partial charge on any atom is 0.306 e. The summed E-state index contributed by atoms with van der Waals surface area (Å²) in [7, 11) is 0. The molecule has 0 saturated carbocycles. The van der Waals surface area contributed by atoms with Crippen molar-refractivity contribution in [3.63, 3.8) is 0 Å². The van der Waals surface area contributed by atoms with Gasteiger partial charge in [-0.05, 0) is 64.2 Å². The third-order valence-electron chi connectivity index (χ3n) is 11.8. The van der Waals surface area contributed by atoms with Crippen molar-refractivity contribution in [2.45, 2.75) is 258 Å². The number of rotatable bonds is 49. The average molecular weight is 931 g/mol. The molecule has 0 aliphatic heterocycles. The van der Waals surface area contributed by atoms with E-state index in [1.54, 1.807) is 0 Å². The molecule has 1 unspecified atom stereocenters. The summed E-state index contributed by atoms with van der Waals surface area (Å²) in [5.74, 6) is -0.955. The minimum atomic E-state index is -0.802. The Hall–Kier alpha value is -3.67. The smallest absolute Gasteiger partial charge is 0.306 e. The zero-order chi connectivity index (χ0) is 48.6. The van der Waals surface area contributed by atoms with E-state index in [1.807, 2.05) is 72.9 Å². The van der Waals surface area contributed by atoms with E-state index in [9.17, 15) is 14.4 Å². The Labute approximate surface area is 413 Å². The SMILES string of the molecule is CC\C=C/C=C\C=C/C=C\C=C\C=C/C=C\CCCCCC(=O)OCC(COC(=O)CCCCC/C=C\CCCCCCCCC)OC(=O)CCCCCCCCCCCCCCCCCC. The number of allylic oxidation sites excluding steroid dienone is 16. The van der Waals surface area contributed by atoms with Crippen molar-refractivity contribution >= 4 is 17.9 Å². The summed E-state index contributed by atoms with van der Waals surface area (Å²) in [6.07, 6.45) is 72.4. The van der Waals surface area contributed by atoms with Gasteiger partial charge in [0.25, 0.3) is 0 Å². The standard InChI is InChI=1S/C61H102O6/c1-4-7-10-13-16-19-22-25-28-30-31-32-34-36-39-42-45-48-51-54-60(63)66-57-58(56-65-59(62)53-50-47-44-41-38-35-27-24-21-18-15-12-9-6-3)67-61(64)55-52-49-46-43-40-37-33-29-26-23-20-17-14-11-8-5-2/h7,10,13,16,19,22,25,28,30-32,34-36,38-39,58H,4-6,8-9,11-12,14-15,17-18,20-21,23-24,26-27,29,33,37,40-57H2,1-3H3/b10-7-,16-13-,22-19-,28-25-,31-30+,34-32-,38-35-,39-36-. The minimum absolute atomic E-state index is 0.0992. The quantitative estimate of drug-likeness (QED) is 0.0199. The molecule has 0 aromatic carbocycles. The van der Waals surface area contributed by atoms with Crippen LogP contribution in [0, 0.1) is 0 Å². The van der Waals surface area contributed by atoms with Crippen molar-refractivity contribution in [2.24, 2.45) is 0 Å². The van der Waals surface area contributed by atoms with E-state index in [-0.39, 0.29) is 31.1 Å². The zero-order valence-corrected chi connectivity index (χ0v) is 43.6. The molecule has 0 bridgehead atoms. The number of carbonyl (C=O) groups excluding carboxylic acids is 3. The average Bonchev–Trinajstić information content (AvgIpc) is 3.33. The Kier molecular flexibility index (Phi) is 51.9. The summed E-state index contributed by atoms with van der Waals surface area (Å²) in [5.41, 5.74) is 0. The monoisotopic (exact) mass is 931 g/mol. The van der Waals surface area contributed by atoms with E-state index >= 15 is 0 Å².